The van der Waals surface area contributed by atoms with Crippen LogP contribution >= 0.6 is 11.8 Å². The smallest absolute Gasteiger partial charge is 0.223 e. The van der Waals surface area contributed by atoms with Gasteiger partial charge in [-0.3, -0.25) is 4.79 Å². The highest BCUT2D eigenvalue weighted by molar-refractivity contribution is 7.99. The van der Waals surface area contributed by atoms with Crippen molar-refractivity contribution in [3.63, 3.8) is 0 Å². The van der Waals surface area contributed by atoms with Gasteiger partial charge in [-0.1, -0.05) is 37.3 Å². The van der Waals surface area contributed by atoms with Gasteiger partial charge in [0.25, 0.3) is 0 Å². The van der Waals surface area contributed by atoms with Gasteiger partial charge in [-0.25, -0.2) is 0 Å². The third-order valence-electron chi connectivity index (χ3n) is 4.26. The molecule has 2 rings (SSSR count). The van der Waals surface area contributed by atoms with Gasteiger partial charge in [0.05, 0.1) is 6.42 Å². The average molecular weight is 321 g/mol. The Labute approximate surface area is 137 Å². The van der Waals surface area contributed by atoms with Gasteiger partial charge in [0, 0.05) is 6.04 Å². The van der Waals surface area contributed by atoms with E-state index >= 15 is 0 Å². The molecule has 0 unspecified atom stereocenters. The Kier molecular flexibility index (Phi) is 6.33. The summed E-state index contributed by atoms with van der Waals surface area (Å²) in [5, 5.41) is 14.1. The first kappa shape index (κ1) is 17.4. The molecule has 1 aromatic carbocycles. The van der Waals surface area contributed by atoms with Crippen LogP contribution in [0.5, 0.6) is 0 Å². The van der Waals surface area contributed by atoms with Gasteiger partial charge in [0.15, 0.2) is 0 Å². The molecule has 0 bridgehead atoms. The van der Waals surface area contributed by atoms with E-state index in [2.05, 4.69) is 12.2 Å². The molecule has 1 amide bonds. The number of amides is 1. The Morgan fingerprint density at radius 2 is 2.09 bits per heavy atom. The van der Waals surface area contributed by atoms with Crippen molar-refractivity contribution in [3.05, 3.63) is 35.9 Å². The Bertz CT molecular complexity index is 475. The quantitative estimate of drug-likeness (QED) is 0.686. The van der Waals surface area contributed by atoms with Gasteiger partial charge in [0.2, 0.25) is 5.91 Å². The first-order valence-corrected chi connectivity index (χ1v) is 9.36. The van der Waals surface area contributed by atoms with E-state index < -0.39 is 5.60 Å². The zero-order valence-electron chi connectivity index (χ0n) is 13.5. The molecule has 1 aliphatic carbocycles. The van der Waals surface area contributed by atoms with Gasteiger partial charge < -0.3 is 10.4 Å². The lowest BCUT2D eigenvalue weighted by Crippen LogP contribution is -2.40. The van der Waals surface area contributed by atoms with Gasteiger partial charge in [-0.05, 0) is 49.2 Å². The van der Waals surface area contributed by atoms with Crippen LogP contribution in [0.15, 0.2) is 30.3 Å². The van der Waals surface area contributed by atoms with E-state index in [0.29, 0.717) is 0 Å². The van der Waals surface area contributed by atoms with E-state index in [1.165, 1.54) is 0 Å². The number of carbonyl (C=O) groups is 1. The van der Waals surface area contributed by atoms with Crippen molar-refractivity contribution in [1.82, 2.24) is 5.32 Å². The van der Waals surface area contributed by atoms with E-state index in [9.17, 15) is 9.90 Å². The van der Waals surface area contributed by atoms with Crippen molar-refractivity contribution in [1.29, 1.82) is 0 Å². The highest BCUT2D eigenvalue weighted by atomic mass is 32.2. The maximum absolute atomic E-state index is 12.3. The number of carbonyl (C=O) groups excluding carboxylic acids is 1. The van der Waals surface area contributed by atoms with E-state index in [1.54, 1.807) is 0 Å². The summed E-state index contributed by atoms with van der Waals surface area (Å²) >= 11 is 1.89. The number of benzene rings is 1. The molecule has 2 atom stereocenters. The van der Waals surface area contributed by atoms with Crippen LogP contribution in [-0.4, -0.2) is 28.6 Å². The van der Waals surface area contributed by atoms with Crippen molar-refractivity contribution in [2.24, 2.45) is 5.92 Å². The Morgan fingerprint density at radius 3 is 2.68 bits per heavy atom. The molecule has 0 radical (unpaired) electrons. The zero-order valence-corrected chi connectivity index (χ0v) is 14.4. The lowest BCUT2D eigenvalue weighted by atomic mass is 9.85. The van der Waals surface area contributed by atoms with Crippen LogP contribution < -0.4 is 5.32 Å². The molecule has 0 spiro atoms. The third-order valence-corrected chi connectivity index (χ3v) is 5.20. The number of thioether (sulfide) groups is 1. The Balaban J connectivity index is 1.92. The molecular weight excluding hydrogens is 294 g/mol. The lowest BCUT2D eigenvalue weighted by molar-refractivity contribution is -0.128. The van der Waals surface area contributed by atoms with Crippen LogP contribution in [0.1, 0.15) is 45.1 Å². The second-order valence-electron chi connectivity index (χ2n) is 6.20. The summed E-state index contributed by atoms with van der Waals surface area (Å²) < 4.78 is 0. The molecule has 0 saturated heterocycles. The SMILES string of the molecule is CCSCC[C@@H](C)NC(=O)C[C@@](O)(c1ccccc1)C1CC1. The zero-order chi connectivity index (χ0) is 16.0. The minimum Gasteiger partial charge on any atom is -0.384 e. The Morgan fingerprint density at radius 1 is 1.41 bits per heavy atom. The van der Waals surface area contributed by atoms with Gasteiger partial charge >= 0.3 is 0 Å². The largest absolute Gasteiger partial charge is 0.384 e. The number of hydrogen-bond donors (Lipinski definition) is 2. The summed E-state index contributed by atoms with van der Waals surface area (Å²) in [6.45, 7) is 4.18. The van der Waals surface area contributed by atoms with E-state index in [-0.39, 0.29) is 24.3 Å². The highest BCUT2D eigenvalue weighted by Crippen LogP contribution is 2.47. The molecule has 1 fully saturated rings. The first-order chi connectivity index (χ1) is 10.6. The minimum absolute atomic E-state index is 0.0488. The second kappa shape index (κ2) is 8.02. The standard InChI is InChI=1S/C18H27NO2S/c1-3-22-12-11-14(2)19-17(20)13-18(21,16-9-10-16)15-7-5-4-6-8-15/h4-8,14,16,21H,3,9-13H2,1-2H3,(H,19,20)/t14-,18-/m1/s1. The predicted molar refractivity (Wildman–Crippen MR) is 92.9 cm³/mol. The maximum Gasteiger partial charge on any atom is 0.223 e. The number of rotatable bonds is 9. The molecule has 22 heavy (non-hydrogen) atoms. The van der Waals surface area contributed by atoms with Crippen LogP contribution in [0.25, 0.3) is 0 Å². The van der Waals surface area contributed by atoms with Crippen molar-refractivity contribution >= 4 is 17.7 Å². The van der Waals surface area contributed by atoms with Crippen LogP contribution in [0, 0.1) is 5.92 Å². The van der Waals surface area contributed by atoms with E-state index in [1.807, 2.05) is 49.0 Å². The molecular formula is C18H27NO2S. The van der Waals surface area contributed by atoms with Crippen molar-refractivity contribution in [2.75, 3.05) is 11.5 Å². The van der Waals surface area contributed by atoms with Crippen molar-refractivity contribution < 1.29 is 9.90 Å². The minimum atomic E-state index is -1.01. The second-order valence-corrected chi connectivity index (χ2v) is 7.59. The van der Waals surface area contributed by atoms with Crippen molar-refractivity contribution in [2.45, 2.75) is 51.2 Å². The topological polar surface area (TPSA) is 49.3 Å². The summed E-state index contributed by atoms with van der Waals surface area (Å²) in [6, 6.07) is 9.78. The normalized spacial score (nSPS) is 18.5. The Hall–Kier alpha value is -1.00. The number of aliphatic hydroxyl groups is 1. The highest BCUT2D eigenvalue weighted by Gasteiger charge is 2.46. The molecule has 1 aliphatic rings. The van der Waals surface area contributed by atoms with Crippen LogP contribution in [0.3, 0.4) is 0 Å². The average Bonchev–Trinajstić information content (AvgIpc) is 3.33. The summed E-state index contributed by atoms with van der Waals surface area (Å²) in [4.78, 5) is 12.3. The lowest BCUT2D eigenvalue weighted by Gasteiger charge is -2.29. The number of nitrogens with one attached hydrogen (secondary N) is 1. The van der Waals surface area contributed by atoms with Crippen LogP contribution in [0.4, 0.5) is 0 Å². The number of hydrogen-bond acceptors (Lipinski definition) is 3. The van der Waals surface area contributed by atoms with Crippen molar-refractivity contribution in [3.8, 4) is 0 Å². The fraction of sp³-hybridized carbons (Fsp3) is 0.611. The summed E-state index contributed by atoms with van der Waals surface area (Å²) in [6.07, 6.45) is 3.13. The molecule has 2 N–H and O–H groups in total. The summed E-state index contributed by atoms with van der Waals surface area (Å²) in [5.74, 6) is 2.33. The summed E-state index contributed by atoms with van der Waals surface area (Å²) in [7, 11) is 0. The molecule has 1 aromatic rings. The molecule has 4 heteroatoms. The fourth-order valence-electron chi connectivity index (χ4n) is 2.82. The monoisotopic (exact) mass is 321 g/mol. The molecule has 3 nitrogen and oxygen atoms in total. The third kappa shape index (κ3) is 4.75. The maximum atomic E-state index is 12.3. The van der Waals surface area contributed by atoms with Crippen LogP contribution in [0.2, 0.25) is 0 Å². The van der Waals surface area contributed by atoms with Gasteiger partial charge in [-0.2, -0.15) is 11.8 Å². The van der Waals surface area contributed by atoms with Gasteiger partial charge in [0.1, 0.15) is 5.60 Å². The molecule has 122 valence electrons. The fourth-order valence-corrected chi connectivity index (χ4v) is 3.63. The van der Waals surface area contributed by atoms with Crippen LogP contribution in [-0.2, 0) is 10.4 Å². The predicted octanol–water partition coefficient (Wildman–Crippen LogP) is 3.32. The molecule has 0 aromatic heterocycles. The van der Waals surface area contributed by atoms with E-state index in [4.69, 9.17) is 0 Å². The van der Waals surface area contributed by atoms with E-state index in [0.717, 1.165) is 36.3 Å². The molecule has 1 saturated carbocycles. The van der Waals surface area contributed by atoms with Gasteiger partial charge in [-0.15, -0.1) is 0 Å². The molecule has 0 heterocycles. The summed E-state index contributed by atoms with van der Waals surface area (Å²) in [5.41, 5.74) is -0.148. The first-order valence-electron chi connectivity index (χ1n) is 8.21. The molecule has 0 aliphatic heterocycles.